The Morgan fingerprint density at radius 3 is 2.82 bits per heavy atom. The van der Waals surface area contributed by atoms with Crippen LogP contribution in [-0.2, 0) is 4.79 Å². The Morgan fingerprint density at radius 2 is 2.45 bits per heavy atom. The summed E-state index contributed by atoms with van der Waals surface area (Å²) in [6.07, 6.45) is 5.71. The third-order valence-electron chi connectivity index (χ3n) is 1.34. The lowest BCUT2D eigenvalue weighted by atomic mass is 10.2. The van der Waals surface area contributed by atoms with Crippen LogP contribution in [0.5, 0.6) is 0 Å². The Kier molecular flexibility index (Phi) is 5.22. The van der Waals surface area contributed by atoms with Crippen LogP contribution in [0.1, 0.15) is 19.8 Å². The van der Waals surface area contributed by atoms with E-state index in [1.54, 1.807) is 0 Å². The van der Waals surface area contributed by atoms with Gasteiger partial charge in [-0.3, -0.25) is 4.79 Å². The molecule has 11 heavy (non-hydrogen) atoms. The molecular formula is C8H13NO2. The first kappa shape index (κ1) is 9.99. The summed E-state index contributed by atoms with van der Waals surface area (Å²) in [4.78, 5) is 10.8. The van der Waals surface area contributed by atoms with Gasteiger partial charge in [-0.05, 0) is 6.42 Å². The number of hydrogen-bond donors (Lipinski definition) is 2. The summed E-state index contributed by atoms with van der Waals surface area (Å²) in [5, 5.41) is 11.3. The first-order valence-electron chi connectivity index (χ1n) is 3.58. The molecule has 0 bridgehead atoms. The third-order valence-corrected chi connectivity index (χ3v) is 1.34. The van der Waals surface area contributed by atoms with Gasteiger partial charge in [0.2, 0.25) is 5.91 Å². The monoisotopic (exact) mass is 155 g/mol. The number of hydrogen-bond acceptors (Lipinski definition) is 2. The molecule has 3 nitrogen and oxygen atoms in total. The number of rotatable bonds is 4. The summed E-state index contributed by atoms with van der Waals surface area (Å²) in [7, 11) is 0. The van der Waals surface area contributed by atoms with Gasteiger partial charge in [0.05, 0.1) is 19.1 Å². The van der Waals surface area contributed by atoms with Gasteiger partial charge in [-0.2, -0.15) is 0 Å². The van der Waals surface area contributed by atoms with E-state index in [2.05, 4.69) is 11.2 Å². The molecule has 2 N–H and O–H groups in total. The molecule has 0 aliphatic carbocycles. The van der Waals surface area contributed by atoms with Crippen molar-refractivity contribution in [1.82, 2.24) is 5.32 Å². The smallest absolute Gasteiger partial charge is 0.232 e. The van der Waals surface area contributed by atoms with E-state index in [1.807, 2.05) is 6.92 Å². The van der Waals surface area contributed by atoms with Gasteiger partial charge in [0.1, 0.15) is 0 Å². The van der Waals surface area contributed by atoms with E-state index in [4.69, 9.17) is 11.5 Å². The van der Waals surface area contributed by atoms with Gasteiger partial charge in [-0.25, -0.2) is 0 Å². The van der Waals surface area contributed by atoms with Crippen molar-refractivity contribution in [3.8, 4) is 12.3 Å². The van der Waals surface area contributed by atoms with Crippen LogP contribution in [0.2, 0.25) is 0 Å². The van der Waals surface area contributed by atoms with Crippen LogP contribution in [0.15, 0.2) is 0 Å². The van der Waals surface area contributed by atoms with Gasteiger partial charge in [-0.1, -0.05) is 12.8 Å². The molecule has 0 aliphatic heterocycles. The molecule has 0 heterocycles. The van der Waals surface area contributed by atoms with Gasteiger partial charge in [-0.15, -0.1) is 6.42 Å². The number of carbonyl (C=O) groups is 1. The summed E-state index contributed by atoms with van der Waals surface area (Å²) < 4.78 is 0. The van der Waals surface area contributed by atoms with Crippen molar-refractivity contribution < 1.29 is 9.90 Å². The second-order valence-corrected chi connectivity index (χ2v) is 2.24. The van der Waals surface area contributed by atoms with Crippen molar-refractivity contribution in [2.45, 2.75) is 25.8 Å². The lowest BCUT2D eigenvalue weighted by Crippen LogP contribution is -2.36. The molecule has 1 unspecified atom stereocenters. The lowest BCUT2D eigenvalue weighted by Gasteiger charge is -2.12. The average molecular weight is 155 g/mol. The maximum Gasteiger partial charge on any atom is 0.232 e. The van der Waals surface area contributed by atoms with Gasteiger partial charge in [0.15, 0.2) is 0 Å². The average Bonchev–Trinajstić information content (AvgIpc) is 2.01. The molecule has 0 spiro atoms. The number of amides is 1. The summed E-state index contributed by atoms with van der Waals surface area (Å²) >= 11 is 0. The number of nitrogens with one attached hydrogen (secondary N) is 1. The molecule has 1 atom stereocenters. The van der Waals surface area contributed by atoms with Gasteiger partial charge in [0, 0.05) is 0 Å². The van der Waals surface area contributed by atoms with Crippen molar-refractivity contribution in [2.24, 2.45) is 0 Å². The highest BCUT2D eigenvalue weighted by Gasteiger charge is 2.06. The van der Waals surface area contributed by atoms with Crippen LogP contribution in [0.4, 0.5) is 0 Å². The number of aliphatic hydroxyl groups is 1. The Labute approximate surface area is 66.8 Å². The fraction of sp³-hybridized carbons (Fsp3) is 0.625. The quantitative estimate of drug-likeness (QED) is 0.557. The van der Waals surface area contributed by atoms with Crippen LogP contribution < -0.4 is 5.32 Å². The fourth-order valence-electron chi connectivity index (χ4n) is 0.648. The van der Waals surface area contributed by atoms with E-state index in [1.165, 1.54) is 0 Å². The number of aliphatic hydroxyl groups excluding tert-OH is 1. The molecular weight excluding hydrogens is 142 g/mol. The van der Waals surface area contributed by atoms with E-state index < -0.39 is 0 Å². The maximum atomic E-state index is 10.8. The standard InChI is InChI=1S/C8H13NO2/c1-3-5-8(11)9-7(4-2)6-10/h1,7,10H,4-6H2,2H3,(H,9,11). The van der Waals surface area contributed by atoms with Crippen LogP contribution in [0, 0.1) is 12.3 Å². The fourth-order valence-corrected chi connectivity index (χ4v) is 0.648. The molecule has 0 saturated carbocycles. The molecule has 0 rings (SSSR count). The molecule has 0 radical (unpaired) electrons. The predicted molar refractivity (Wildman–Crippen MR) is 42.8 cm³/mol. The Morgan fingerprint density at radius 1 is 1.82 bits per heavy atom. The third kappa shape index (κ3) is 4.40. The Balaban J connectivity index is 3.64. The van der Waals surface area contributed by atoms with E-state index >= 15 is 0 Å². The Bertz CT molecular complexity index is 156. The zero-order valence-electron chi connectivity index (χ0n) is 6.63. The van der Waals surface area contributed by atoms with Crippen molar-refractivity contribution >= 4 is 5.91 Å². The molecule has 0 aliphatic rings. The highest BCUT2D eigenvalue weighted by Crippen LogP contribution is 1.89. The lowest BCUT2D eigenvalue weighted by molar-refractivity contribution is -0.121. The summed E-state index contributed by atoms with van der Waals surface area (Å²) in [6.45, 7) is 1.85. The van der Waals surface area contributed by atoms with Crippen LogP contribution in [0.3, 0.4) is 0 Å². The summed E-state index contributed by atoms with van der Waals surface area (Å²) in [5.74, 6) is 2.03. The van der Waals surface area contributed by atoms with Gasteiger partial charge < -0.3 is 10.4 Å². The Hall–Kier alpha value is -1.01. The van der Waals surface area contributed by atoms with Crippen LogP contribution >= 0.6 is 0 Å². The first-order valence-corrected chi connectivity index (χ1v) is 3.58. The van der Waals surface area contributed by atoms with E-state index in [0.29, 0.717) is 6.42 Å². The minimum atomic E-state index is -0.201. The number of carbonyl (C=O) groups excluding carboxylic acids is 1. The highest BCUT2D eigenvalue weighted by molar-refractivity contribution is 5.78. The molecule has 3 heteroatoms. The molecule has 0 aromatic heterocycles. The number of terminal acetylenes is 1. The van der Waals surface area contributed by atoms with Crippen molar-refractivity contribution in [3.05, 3.63) is 0 Å². The first-order chi connectivity index (χ1) is 5.24. The highest BCUT2D eigenvalue weighted by atomic mass is 16.3. The van der Waals surface area contributed by atoms with Gasteiger partial charge in [0.25, 0.3) is 0 Å². The molecule has 1 amide bonds. The molecule has 62 valence electrons. The topological polar surface area (TPSA) is 49.3 Å². The molecule has 0 aromatic rings. The van der Waals surface area contributed by atoms with Gasteiger partial charge >= 0.3 is 0 Å². The SMILES string of the molecule is C#CCC(=O)NC(CC)CO. The second-order valence-electron chi connectivity index (χ2n) is 2.24. The second kappa shape index (κ2) is 5.75. The predicted octanol–water partition coefficient (Wildman–Crippen LogP) is -0.103. The van der Waals surface area contributed by atoms with Crippen LogP contribution in [-0.4, -0.2) is 23.7 Å². The minimum Gasteiger partial charge on any atom is -0.394 e. The minimum absolute atomic E-state index is 0.0349. The van der Waals surface area contributed by atoms with Crippen molar-refractivity contribution in [3.63, 3.8) is 0 Å². The zero-order valence-corrected chi connectivity index (χ0v) is 6.63. The van der Waals surface area contributed by atoms with E-state index in [9.17, 15) is 4.79 Å². The molecule has 0 aromatic carbocycles. The normalized spacial score (nSPS) is 11.7. The van der Waals surface area contributed by atoms with Crippen molar-refractivity contribution in [1.29, 1.82) is 0 Å². The van der Waals surface area contributed by atoms with Crippen molar-refractivity contribution in [2.75, 3.05) is 6.61 Å². The largest absolute Gasteiger partial charge is 0.394 e. The maximum absolute atomic E-state index is 10.8. The summed E-state index contributed by atoms with van der Waals surface area (Å²) in [5.41, 5.74) is 0. The zero-order chi connectivity index (χ0) is 8.69. The van der Waals surface area contributed by atoms with E-state index in [0.717, 1.165) is 0 Å². The van der Waals surface area contributed by atoms with E-state index in [-0.39, 0.29) is 25.0 Å². The molecule has 0 saturated heterocycles. The van der Waals surface area contributed by atoms with Crippen LogP contribution in [0.25, 0.3) is 0 Å². The molecule has 0 fully saturated rings. The summed E-state index contributed by atoms with van der Waals surface area (Å²) in [6, 6.07) is -0.157.